The lowest BCUT2D eigenvalue weighted by Crippen LogP contribution is -2.18. The highest BCUT2D eigenvalue weighted by Gasteiger charge is 2.20. The first kappa shape index (κ1) is 12.1. The number of rotatable bonds is 3. The van der Waals surface area contributed by atoms with Crippen molar-refractivity contribution in [2.75, 3.05) is 7.05 Å². The molecule has 0 spiro atoms. The molecule has 0 aliphatic rings. The maximum atomic E-state index is 13.7. The van der Waals surface area contributed by atoms with E-state index >= 15 is 0 Å². The van der Waals surface area contributed by atoms with Gasteiger partial charge in [0.05, 0.1) is 11.0 Å². The molecule has 5 heteroatoms. The van der Waals surface area contributed by atoms with Gasteiger partial charge in [-0.25, -0.2) is 13.8 Å². The predicted octanol–water partition coefficient (Wildman–Crippen LogP) is 3.04. The van der Waals surface area contributed by atoms with Crippen LogP contribution in [0.1, 0.15) is 21.5 Å². The largest absolute Gasteiger partial charge is 0.309 e. The molecule has 1 aromatic heterocycles. The molecule has 1 unspecified atom stereocenters. The summed E-state index contributed by atoms with van der Waals surface area (Å²) in [4.78, 5) is 5.00. The quantitative estimate of drug-likeness (QED) is 0.910. The van der Waals surface area contributed by atoms with Crippen LogP contribution in [0.4, 0.5) is 8.78 Å². The standard InChI is InChI=1S/C12H12F2N2S/c1-7-16-6-10(17-7)12(15-2)8-4-3-5-9(13)11(8)14/h3-6,12,15H,1-2H3. The topological polar surface area (TPSA) is 24.9 Å². The Bertz CT molecular complexity index is 525. The van der Waals surface area contributed by atoms with Gasteiger partial charge in [0.2, 0.25) is 0 Å². The molecule has 2 rings (SSSR count). The van der Waals surface area contributed by atoms with Crippen molar-refractivity contribution in [1.29, 1.82) is 0 Å². The molecule has 90 valence electrons. The highest BCUT2D eigenvalue weighted by atomic mass is 32.1. The number of thiazole rings is 1. The summed E-state index contributed by atoms with van der Waals surface area (Å²) >= 11 is 1.47. The fourth-order valence-corrected chi connectivity index (χ4v) is 2.62. The van der Waals surface area contributed by atoms with Crippen LogP contribution in [0, 0.1) is 18.6 Å². The van der Waals surface area contributed by atoms with Crippen LogP contribution in [0.3, 0.4) is 0 Å². The van der Waals surface area contributed by atoms with Crippen LogP contribution in [0.15, 0.2) is 24.4 Å². The van der Waals surface area contributed by atoms with E-state index in [0.29, 0.717) is 5.56 Å². The van der Waals surface area contributed by atoms with E-state index in [-0.39, 0.29) is 6.04 Å². The summed E-state index contributed by atoms with van der Waals surface area (Å²) in [5.74, 6) is -1.64. The molecule has 1 aromatic carbocycles. The SMILES string of the molecule is CNC(c1cnc(C)s1)c1cccc(F)c1F. The van der Waals surface area contributed by atoms with E-state index in [9.17, 15) is 8.78 Å². The minimum Gasteiger partial charge on any atom is -0.309 e. The predicted molar refractivity (Wildman–Crippen MR) is 64.1 cm³/mol. The van der Waals surface area contributed by atoms with E-state index in [2.05, 4.69) is 10.3 Å². The van der Waals surface area contributed by atoms with Gasteiger partial charge in [-0.05, 0) is 20.0 Å². The van der Waals surface area contributed by atoms with E-state index < -0.39 is 11.6 Å². The average molecular weight is 254 g/mol. The molecule has 0 radical (unpaired) electrons. The molecule has 0 fully saturated rings. The monoisotopic (exact) mass is 254 g/mol. The Balaban J connectivity index is 2.45. The smallest absolute Gasteiger partial charge is 0.163 e. The van der Waals surface area contributed by atoms with Gasteiger partial charge in [0.1, 0.15) is 0 Å². The molecule has 1 atom stereocenters. The molecule has 2 aromatic rings. The number of hydrogen-bond donors (Lipinski definition) is 1. The van der Waals surface area contributed by atoms with E-state index in [0.717, 1.165) is 16.0 Å². The van der Waals surface area contributed by atoms with Gasteiger partial charge in [0.25, 0.3) is 0 Å². The summed E-state index contributed by atoms with van der Waals surface area (Å²) in [6.07, 6.45) is 1.69. The van der Waals surface area contributed by atoms with Crippen LogP contribution in [0.5, 0.6) is 0 Å². The van der Waals surface area contributed by atoms with Crippen LogP contribution in [0.2, 0.25) is 0 Å². The van der Waals surface area contributed by atoms with Crippen molar-refractivity contribution < 1.29 is 8.78 Å². The van der Waals surface area contributed by atoms with E-state index in [1.54, 1.807) is 19.3 Å². The summed E-state index contributed by atoms with van der Waals surface area (Å²) < 4.78 is 26.9. The fraction of sp³-hybridized carbons (Fsp3) is 0.250. The molecule has 0 aliphatic heterocycles. The van der Waals surface area contributed by atoms with Crippen LogP contribution in [-0.2, 0) is 0 Å². The van der Waals surface area contributed by atoms with Gasteiger partial charge < -0.3 is 5.32 Å². The lowest BCUT2D eigenvalue weighted by atomic mass is 10.1. The summed E-state index contributed by atoms with van der Waals surface area (Å²) in [5, 5.41) is 3.88. The highest BCUT2D eigenvalue weighted by Crippen LogP contribution is 2.28. The molecular formula is C12H12F2N2S. The zero-order valence-corrected chi connectivity index (χ0v) is 10.3. The number of nitrogens with one attached hydrogen (secondary N) is 1. The second-order valence-corrected chi connectivity index (χ2v) is 4.91. The Morgan fingerprint density at radius 2 is 2.12 bits per heavy atom. The number of halogens is 2. The van der Waals surface area contributed by atoms with Gasteiger partial charge >= 0.3 is 0 Å². The minimum atomic E-state index is -0.830. The fourth-order valence-electron chi connectivity index (χ4n) is 1.71. The minimum absolute atomic E-state index is 0.302. The molecule has 0 bridgehead atoms. The zero-order valence-electron chi connectivity index (χ0n) is 9.50. The maximum absolute atomic E-state index is 13.7. The van der Waals surface area contributed by atoms with Crippen LogP contribution >= 0.6 is 11.3 Å². The number of benzene rings is 1. The third-order valence-electron chi connectivity index (χ3n) is 2.50. The second kappa shape index (κ2) is 4.89. The summed E-state index contributed by atoms with van der Waals surface area (Å²) in [6, 6.07) is 3.83. The molecule has 17 heavy (non-hydrogen) atoms. The third kappa shape index (κ3) is 2.35. The lowest BCUT2D eigenvalue weighted by molar-refractivity contribution is 0.488. The van der Waals surface area contributed by atoms with Crippen molar-refractivity contribution in [3.05, 3.63) is 51.5 Å². The van der Waals surface area contributed by atoms with Gasteiger partial charge in [-0.1, -0.05) is 12.1 Å². The summed E-state index contributed by atoms with van der Waals surface area (Å²) in [6.45, 7) is 1.88. The summed E-state index contributed by atoms with van der Waals surface area (Å²) in [5.41, 5.74) is 0.302. The Morgan fingerprint density at radius 3 is 2.71 bits per heavy atom. The van der Waals surface area contributed by atoms with Crippen molar-refractivity contribution in [2.45, 2.75) is 13.0 Å². The highest BCUT2D eigenvalue weighted by molar-refractivity contribution is 7.11. The molecule has 0 saturated heterocycles. The van der Waals surface area contributed by atoms with E-state index in [1.807, 2.05) is 6.92 Å². The van der Waals surface area contributed by atoms with Gasteiger partial charge in [-0.15, -0.1) is 11.3 Å². The number of aromatic nitrogens is 1. The van der Waals surface area contributed by atoms with Crippen LogP contribution in [0.25, 0.3) is 0 Å². The molecule has 0 aliphatic carbocycles. The number of aryl methyl sites for hydroxylation is 1. The van der Waals surface area contributed by atoms with E-state index in [1.165, 1.54) is 17.4 Å². The van der Waals surface area contributed by atoms with Gasteiger partial charge in [-0.3, -0.25) is 0 Å². The number of hydrogen-bond acceptors (Lipinski definition) is 3. The first-order valence-corrected chi connectivity index (χ1v) is 5.98. The molecule has 0 saturated carbocycles. The van der Waals surface area contributed by atoms with Crippen molar-refractivity contribution in [3.8, 4) is 0 Å². The van der Waals surface area contributed by atoms with Crippen molar-refractivity contribution in [3.63, 3.8) is 0 Å². The molecule has 1 heterocycles. The van der Waals surface area contributed by atoms with Gasteiger partial charge in [-0.2, -0.15) is 0 Å². The first-order chi connectivity index (χ1) is 8.13. The van der Waals surface area contributed by atoms with Crippen LogP contribution < -0.4 is 5.32 Å². The lowest BCUT2D eigenvalue weighted by Gasteiger charge is -2.15. The first-order valence-electron chi connectivity index (χ1n) is 5.17. The molecule has 2 nitrogen and oxygen atoms in total. The van der Waals surface area contributed by atoms with Crippen LogP contribution in [-0.4, -0.2) is 12.0 Å². The Kier molecular flexibility index (Phi) is 3.49. The molecule has 0 amide bonds. The van der Waals surface area contributed by atoms with Crippen molar-refractivity contribution in [1.82, 2.24) is 10.3 Å². The third-order valence-corrected chi connectivity index (χ3v) is 3.48. The van der Waals surface area contributed by atoms with Gasteiger partial charge in [0.15, 0.2) is 11.6 Å². The van der Waals surface area contributed by atoms with E-state index in [4.69, 9.17) is 0 Å². The second-order valence-electron chi connectivity index (χ2n) is 3.65. The maximum Gasteiger partial charge on any atom is 0.163 e. The molecular weight excluding hydrogens is 242 g/mol. The molecule has 1 N–H and O–H groups in total. The summed E-state index contributed by atoms with van der Waals surface area (Å²) in [7, 11) is 1.71. The van der Waals surface area contributed by atoms with Crippen molar-refractivity contribution >= 4 is 11.3 Å². The normalized spacial score (nSPS) is 12.7. The Morgan fingerprint density at radius 1 is 1.35 bits per heavy atom. The Labute approximate surface area is 102 Å². The van der Waals surface area contributed by atoms with Crippen molar-refractivity contribution in [2.24, 2.45) is 0 Å². The average Bonchev–Trinajstić information content (AvgIpc) is 2.72. The number of nitrogens with zero attached hydrogens (tertiary/aromatic N) is 1. The zero-order chi connectivity index (χ0) is 12.4. The Hall–Kier alpha value is -1.33. The van der Waals surface area contributed by atoms with Gasteiger partial charge in [0, 0.05) is 16.6 Å².